The predicted molar refractivity (Wildman–Crippen MR) is 117 cm³/mol. The molecule has 0 aliphatic rings. The van der Waals surface area contributed by atoms with Crippen molar-refractivity contribution in [3.63, 3.8) is 0 Å². The smallest absolute Gasteiger partial charge is 0.243 e. The molecule has 3 aromatic rings. The summed E-state index contributed by atoms with van der Waals surface area (Å²) in [5, 5.41) is 2.95. The highest BCUT2D eigenvalue weighted by molar-refractivity contribution is 5.87. The highest BCUT2D eigenvalue weighted by atomic mass is 19.1. The Morgan fingerprint density at radius 2 is 1.61 bits per heavy atom. The molecule has 1 heterocycles. The summed E-state index contributed by atoms with van der Waals surface area (Å²) in [6, 6.07) is 18.6. The molecule has 0 saturated heterocycles. The van der Waals surface area contributed by atoms with Gasteiger partial charge in [-0.05, 0) is 41.0 Å². The zero-order valence-electron chi connectivity index (χ0n) is 17.5. The topological polar surface area (TPSA) is 62.3 Å². The van der Waals surface area contributed by atoms with Crippen LogP contribution in [-0.2, 0) is 29.1 Å². The van der Waals surface area contributed by atoms with Gasteiger partial charge in [0, 0.05) is 38.3 Å². The van der Waals surface area contributed by atoms with E-state index in [1.54, 1.807) is 36.4 Å². The summed E-state index contributed by atoms with van der Waals surface area (Å²) in [5.41, 5.74) is 2.65. The van der Waals surface area contributed by atoms with Crippen molar-refractivity contribution in [1.29, 1.82) is 0 Å². The van der Waals surface area contributed by atoms with Crippen molar-refractivity contribution >= 4 is 11.8 Å². The van der Waals surface area contributed by atoms with Crippen molar-refractivity contribution in [2.75, 3.05) is 0 Å². The fourth-order valence-corrected chi connectivity index (χ4v) is 3.35. The van der Waals surface area contributed by atoms with E-state index in [1.165, 1.54) is 12.1 Å². The standard InChI is InChI=1S/C25H26FN3O2/c1-2-24(30)29(18-21-8-10-22(26)11-9-21)23(16-19-6-4-3-5-7-19)25(31)28-17-20-12-14-27-15-13-20/h3-15,23H,2,16-18H2,1H3,(H,28,31)/t23-/m0/s1. The average Bonchev–Trinajstić information content (AvgIpc) is 2.82. The molecule has 0 spiro atoms. The van der Waals surface area contributed by atoms with Crippen LogP contribution in [0.4, 0.5) is 4.39 Å². The maximum atomic E-state index is 13.3. The maximum absolute atomic E-state index is 13.3. The molecule has 160 valence electrons. The number of aromatic nitrogens is 1. The molecule has 1 atom stereocenters. The molecular formula is C25H26FN3O2. The molecule has 0 aliphatic carbocycles. The van der Waals surface area contributed by atoms with Gasteiger partial charge in [-0.3, -0.25) is 14.6 Å². The third-order valence-corrected chi connectivity index (χ3v) is 5.06. The van der Waals surface area contributed by atoms with E-state index in [4.69, 9.17) is 0 Å². The second kappa shape index (κ2) is 11.0. The molecule has 1 N–H and O–H groups in total. The van der Waals surface area contributed by atoms with E-state index in [-0.39, 0.29) is 30.6 Å². The Morgan fingerprint density at radius 1 is 0.935 bits per heavy atom. The van der Waals surface area contributed by atoms with Gasteiger partial charge >= 0.3 is 0 Å². The zero-order valence-corrected chi connectivity index (χ0v) is 17.5. The Morgan fingerprint density at radius 3 is 2.26 bits per heavy atom. The average molecular weight is 420 g/mol. The number of hydrogen-bond donors (Lipinski definition) is 1. The van der Waals surface area contributed by atoms with Gasteiger partial charge in [0.2, 0.25) is 11.8 Å². The molecule has 31 heavy (non-hydrogen) atoms. The van der Waals surface area contributed by atoms with Crippen molar-refractivity contribution in [2.24, 2.45) is 0 Å². The summed E-state index contributed by atoms with van der Waals surface area (Å²) in [7, 11) is 0. The summed E-state index contributed by atoms with van der Waals surface area (Å²) in [5.74, 6) is -0.707. The normalized spacial score (nSPS) is 11.5. The molecule has 0 radical (unpaired) electrons. The van der Waals surface area contributed by atoms with Gasteiger partial charge in [0.15, 0.2) is 0 Å². The second-order valence-corrected chi connectivity index (χ2v) is 7.28. The van der Waals surface area contributed by atoms with Crippen LogP contribution < -0.4 is 5.32 Å². The molecule has 0 fully saturated rings. The van der Waals surface area contributed by atoms with E-state index >= 15 is 0 Å². The molecule has 6 heteroatoms. The maximum Gasteiger partial charge on any atom is 0.243 e. The molecule has 0 saturated carbocycles. The van der Waals surface area contributed by atoms with E-state index < -0.39 is 6.04 Å². The Labute approximate surface area is 181 Å². The van der Waals surface area contributed by atoms with Gasteiger partial charge in [-0.15, -0.1) is 0 Å². The summed E-state index contributed by atoms with van der Waals surface area (Å²) in [6.45, 7) is 2.35. The molecular weight excluding hydrogens is 393 g/mol. The van der Waals surface area contributed by atoms with Gasteiger partial charge in [-0.2, -0.15) is 0 Å². The number of hydrogen-bond acceptors (Lipinski definition) is 3. The number of rotatable bonds is 9. The zero-order chi connectivity index (χ0) is 22.1. The number of carbonyl (C=O) groups is 2. The van der Waals surface area contributed by atoms with Gasteiger partial charge < -0.3 is 10.2 Å². The van der Waals surface area contributed by atoms with Crippen LogP contribution in [0, 0.1) is 5.82 Å². The van der Waals surface area contributed by atoms with Gasteiger partial charge in [0.1, 0.15) is 11.9 Å². The first-order valence-corrected chi connectivity index (χ1v) is 10.3. The van der Waals surface area contributed by atoms with Crippen molar-refractivity contribution < 1.29 is 14.0 Å². The van der Waals surface area contributed by atoms with Crippen LogP contribution in [0.1, 0.15) is 30.0 Å². The van der Waals surface area contributed by atoms with Gasteiger partial charge in [0.25, 0.3) is 0 Å². The molecule has 1 aromatic heterocycles. The largest absolute Gasteiger partial charge is 0.350 e. The third kappa shape index (κ3) is 6.47. The van der Waals surface area contributed by atoms with Crippen LogP contribution in [-0.4, -0.2) is 27.7 Å². The molecule has 5 nitrogen and oxygen atoms in total. The number of amides is 2. The quantitative estimate of drug-likeness (QED) is 0.572. The summed E-state index contributed by atoms with van der Waals surface area (Å²) >= 11 is 0. The highest BCUT2D eigenvalue weighted by Crippen LogP contribution is 2.16. The van der Waals surface area contributed by atoms with Crippen molar-refractivity contribution in [1.82, 2.24) is 15.2 Å². The van der Waals surface area contributed by atoms with Crippen molar-refractivity contribution in [2.45, 2.75) is 38.9 Å². The lowest BCUT2D eigenvalue weighted by Gasteiger charge is -2.31. The number of nitrogens with one attached hydrogen (secondary N) is 1. The molecule has 0 bridgehead atoms. The van der Waals surface area contributed by atoms with Gasteiger partial charge in [-0.1, -0.05) is 49.4 Å². The van der Waals surface area contributed by atoms with Crippen LogP contribution >= 0.6 is 0 Å². The first kappa shape index (κ1) is 22.2. The number of carbonyl (C=O) groups excluding carboxylic acids is 2. The molecule has 3 rings (SSSR count). The lowest BCUT2D eigenvalue weighted by molar-refractivity contribution is -0.141. The van der Waals surface area contributed by atoms with Gasteiger partial charge in [-0.25, -0.2) is 4.39 Å². The van der Waals surface area contributed by atoms with Crippen molar-refractivity contribution in [3.8, 4) is 0 Å². The SMILES string of the molecule is CCC(=O)N(Cc1ccc(F)cc1)[C@@H](Cc1ccccc1)C(=O)NCc1ccncc1. The summed E-state index contributed by atoms with van der Waals surface area (Å²) < 4.78 is 13.3. The van der Waals surface area contributed by atoms with E-state index in [9.17, 15) is 14.0 Å². The van der Waals surface area contributed by atoms with Crippen LogP contribution in [0.25, 0.3) is 0 Å². The minimum atomic E-state index is -0.693. The molecule has 0 unspecified atom stereocenters. The Balaban J connectivity index is 1.85. The van der Waals surface area contributed by atoms with Crippen molar-refractivity contribution in [3.05, 3.63) is 102 Å². The van der Waals surface area contributed by atoms with E-state index in [0.717, 1.165) is 16.7 Å². The highest BCUT2D eigenvalue weighted by Gasteiger charge is 2.29. The minimum absolute atomic E-state index is 0.135. The van der Waals surface area contributed by atoms with E-state index in [2.05, 4.69) is 10.3 Å². The first-order valence-electron chi connectivity index (χ1n) is 10.3. The monoisotopic (exact) mass is 419 g/mol. The van der Waals surface area contributed by atoms with Gasteiger partial charge in [0.05, 0.1) is 0 Å². The first-order chi connectivity index (χ1) is 15.1. The Hall–Kier alpha value is -3.54. The number of nitrogens with zero attached hydrogens (tertiary/aromatic N) is 2. The minimum Gasteiger partial charge on any atom is -0.350 e. The molecule has 2 aromatic carbocycles. The number of pyridine rings is 1. The summed E-state index contributed by atoms with van der Waals surface area (Å²) in [6.07, 6.45) is 3.99. The predicted octanol–water partition coefficient (Wildman–Crippen LogP) is 3.89. The van der Waals surface area contributed by atoms with Crippen LogP contribution in [0.2, 0.25) is 0 Å². The number of benzene rings is 2. The Bertz CT molecular complexity index is 979. The van der Waals surface area contributed by atoms with Crippen LogP contribution in [0.3, 0.4) is 0 Å². The number of halogens is 1. The fraction of sp³-hybridized carbons (Fsp3) is 0.240. The summed E-state index contributed by atoms with van der Waals surface area (Å²) in [4.78, 5) is 31.7. The molecule has 0 aliphatic heterocycles. The fourth-order valence-electron chi connectivity index (χ4n) is 3.35. The molecule has 2 amide bonds. The van der Waals surface area contributed by atoms with Crippen LogP contribution in [0.15, 0.2) is 79.1 Å². The van der Waals surface area contributed by atoms with E-state index in [1.807, 2.05) is 42.5 Å². The van der Waals surface area contributed by atoms with E-state index in [0.29, 0.717) is 13.0 Å². The van der Waals surface area contributed by atoms with Crippen LogP contribution in [0.5, 0.6) is 0 Å². The third-order valence-electron chi connectivity index (χ3n) is 5.06. The second-order valence-electron chi connectivity index (χ2n) is 7.28. The Kier molecular flexibility index (Phi) is 7.87. The lowest BCUT2D eigenvalue weighted by Crippen LogP contribution is -2.50. The lowest BCUT2D eigenvalue weighted by atomic mass is 10.0.